The van der Waals surface area contributed by atoms with Gasteiger partial charge in [0.05, 0.1) is 17.7 Å². The summed E-state index contributed by atoms with van der Waals surface area (Å²) >= 11 is 0. The Morgan fingerprint density at radius 1 is 1.00 bits per heavy atom. The molecule has 9 nitrogen and oxygen atoms in total. The molecule has 0 radical (unpaired) electrons. The van der Waals surface area contributed by atoms with Crippen LogP contribution in [0.3, 0.4) is 0 Å². The van der Waals surface area contributed by atoms with Crippen LogP contribution in [0.5, 0.6) is 0 Å². The molecule has 1 aromatic rings. The first-order chi connectivity index (χ1) is 16.5. The molecule has 4 rings (SSSR count). The molecular weight excluding hydrogens is 436 g/mol. The number of fused-ring (bicyclic) bond motifs is 1. The zero-order valence-corrected chi connectivity index (χ0v) is 19.9. The molecule has 1 N–H and O–H groups in total. The molecule has 9 heteroatoms. The minimum Gasteiger partial charge on any atom is -0.385 e. The van der Waals surface area contributed by atoms with Crippen molar-refractivity contribution in [3.8, 4) is 0 Å². The SMILES string of the molecule is COCCCNC(=O)CN1CCN(C(=O)c2ccc3c(c2)C(=O)N(C2CCCCC2)C3=O)CC1. The zero-order valence-electron chi connectivity index (χ0n) is 19.9. The van der Waals surface area contributed by atoms with Gasteiger partial charge in [0.25, 0.3) is 17.7 Å². The van der Waals surface area contributed by atoms with Gasteiger partial charge >= 0.3 is 0 Å². The van der Waals surface area contributed by atoms with Crippen LogP contribution in [0.4, 0.5) is 0 Å². The fourth-order valence-corrected chi connectivity index (χ4v) is 5.06. The average molecular weight is 471 g/mol. The maximum Gasteiger partial charge on any atom is 0.261 e. The maximum atomic E-state index is 13.1. The number of methoxy groups -OCH3 is 1. The molecule has 2 fully saturated rings. The van der Waals surface area contributed by atoms with Crippen molar-refractivity contribution in [2.45, 2.75) is 44.6 Å². The van der Waals surface area contributed by atoms with Gasteiger partial charge in [-0.05, 0) is 37.5 Å². The molecular formula is C25H34N4O5. The molecule has 1 saturated carbocycles. The van der Waals surface area contributed by atoms with Crippen LogP contribution in [0, 0.1) is 0 Å². The molecule has 4 amide bonds. The Morgan fingerprint density at radius 3 is 2.41 bits per heavy atom. The normalized spacial score (nSPS) is 19.4. The number of benzene rings is 1. The van der Waals surface area contributed by atoms with Crippen molar-refractivity contribution in [3.63, 3.8) is 0 Å². The van der Waals surface area contributed by atoms with E-state index in [1.165, 1.54) is 4.90 Å². The van der Waals surface area contributed by atoms with Crippen LogP contribution in [-0.2, 0) is 9.53 Å². The number of rotatable bonds is 8. The fraction of sp³-hybridized carbons (Fsp3) is 0.600. The van der Waals surface area contributed by atoms with Crippen molar-refractivity contribution in [3.05, 3.63) is 34.9 Å². The number of imide groups is 1. The van der Waals surface area contributed by atoms with E-state index in [1.807, 2.05) is 4.90 Å². The highest BCUT2D eigenvalue weighted by Gasteiger charge is 2.40. The van der Waals surface area contributed by atoms with Crippen molar-refractivity contribution < 1.29 is 23.9 Å². The third kappa shape index (κ3) is 5.31. The van der Waals surface area contributed by atoms with Gasteiger partial charge in [0, 0.05) is 58.0 Å². The van der Waals surface area contributed by atoms with Gasteiger partial charge in [0.1, 0.15) is 0 Å². The lowest BCUT2D eigenvalue weighted by atomic mass is 9.94. The van der Waals surface area contributed by atoms with Crippen molar-refractivity contribution in [1.29, 1.82) is 0 Å². The van der Waals surface area contributed by atoms with E-state index in [2.05, 4.69) is 5.32 Å². The van der Waals surface area contributed by atoms with E-state index in [0.29, 0.717) is 62.6 Å². The number of nitrogens with one attached hydrogen (secondary N) is 1. The maximum absolute atomic E-state index is 13.1. The third-order valence-corrected chi connectivity index (χ3v) is 6.98. The Bertz CT molecular complexity index is 935. The van der Waals surface area contributed by atoms with Gasteiger partial charge < -0.3 is 15.0 Å². The van der Waals surface area contributed by atoms with Crippen molar-refractivity contribution in [1.82, 2.24) is 20.0 Å². The number of hydrogen-bond acceptors (Lipinski definition) is 6. The lowest BCUT2D eigenvalue weighted by Crippen LogP contribution is -2.51. The molecule has 184 valence electrons. The summed E-state index contributed by atoms with van der Waals surface area (Å²) in [6.07, 6.45) is 5.69. The van der Waals surface area contributed by atoms with E-state index < -0.39 is 0 Å². The topological polar surface area (TPSA) is 99.3 Å². The predicted molar refractivity (Wildman–Crippen MR) is 126 cm³/mol. The van der Waals surface area contributed by atoms with Crippen LogP contribution in [0.15, 0.2) is 18.2 Å². The number of carbonyl (C=O) groups is 4. The summed E-state index contributed by atoms with van der Waals surface area (Å²) in [7, 11) is 1.63. The second-order valence-corrected chi connectivity index (χ2v) is 9.30. The highest BCUT2D eigenvalue weighted by Crippen LogP contribution is 2.31. The van der Waals surface area contributed by atoms with Gasteiger partial charge in [0.2, 0.25) is 5.91 Å². The summed E-state index contributed by atoms with van der Waals surface area (Å²) in [5, 5.41) is 2.88. The minimum atomic E-state index is -0.275. The molecule has 0 atom stereocenters. The lowest BCUT2D eigenvalue weighted by molar-refractivity contribution is -0.122. The molecule has 1 aromatic carbocycles. The number of ether oxygens (including phenoxy) is 1. The van der Waals surface area contributed by atoms with E-state index in [-0.39, 0.29) is 29.7 Å². The Hall–Kier alpha value is -2.78. The molecule has 1 saturated heterocycles. The number of hydrogen-bond donors (Lipinski definition) is 1. The van der Waals surface area contributed by atoms with Crippen molar-refractivity contribution >= 4 is 23.6 Å². The summed E-state index contributed by atoms with van der Waals surface area (Å²) in [5.41, 5.74) is 1.16. The van der Waals surface area contributed by atoms with Crippen molar-refractivity contribution in [2.24, 2.45) is 0 Å². The first kappa shape index (κ1) is 24.3. The van der Waals surface area contributed by atoms with Crippen LogP contribution in [-0.4, -0.2) is 97.4 Å². The minimum absolute atomic E-state index is 0.0276. The molecule has 0 bridgehead atoms. The Labute approximate surface area is 200 Å². The molecule has 0 aromatic heterocycles. The smallest absolute Gasteiger partial charge is 0.261 e. The quantitative estimate of drug-likeness (QED) is 0.457. The Balaban J connectivity index is 1.32. The average Bonchev–Trinajstić information content (AvgIpc) is 3.11. The molecule has 2 aliphatic heterocycles. The lowest BCUT2D eigenvalue weighted by Gasteiger charge is -2.34. The number of nitrogens with zero attached hydrogens (tertiary/aromatic N) is 3. The fourth-order valence-electron chi connectivity index (χ4n) is 5.06. The largest absolute Gasteiger partial charge is 0.385 e. The van der Waals surface area contributed by atoms with E-state index in [9.17, 15) is 19.2 Å². The summed E-state index contributed by atoms with van der Waals surface area (Å²) < 4.78 is 4.98. The number of amides is 4. The third-order valence-electron chi connectivity index (χ3n) is 6.98. The monoisotopic (exact) mass is 470 g/mol. The summed E-state index contributed by atoms with van der Waals surface area (Å²) in [4.78, 5) is 56.3. The summed E-state index contributed by atoms with van der Waals surface area (Å²) in [5.74, 6) is -0.689. The standard InChI is InChI=1S/C25H34N4O5/c1-34-15-5-10-26-22(30)17-27-11-13-28(14-12-27)23(31)18-8-9-20-21(16-18)25(33)29(24(20)32)19-6-3-2-4-7-19/h8-9,16,19H,2-7,10-15,17H2,1H3,(H,26,30). The van der Waals surface area contributed by atoms with Crippen molar-refractivity contribution in [2.75, 3.05) is 53.0 Å². The van der Waals surface area contributed by atoms with Crippen LogP contribution >= 0.6 is 0 Å². The Morgan fingerprint density at radius 2 is 1.71 bits per heavy atom. The van der Waals surface area contributed by atoms with Gasteiger partial charge in [0.15, 0.2) is 0 Å². The molecule has 34 heavy (non-hydrogen) atoms. The van der Waals surface area contributed by atoms with Crippen LogP contribution in [0.2, 0.25) is 0 Å². The van der Waals surface area contributed by atoms with E-state index >= 15 is 0 Å². The first-order valence-corrected chi connectivity index (χ1v) is 12.3. The van der Waals surface area contributed by atoms with E-state index in [1.54, 1.807) is 30.2 Å². The number of carbonyl (C=O) groups excluding carboxylic acids is 4. The van der Waals surface area contributed by atoms with Gasteiger partial charge in [-0.15, -0.1) is 0 Å². The highest BCUT2D eigenvalue weighted by atomic mass is 16.5. The summed E-state index contributed by atoms with van der Waals surface area (Å²) in [6.45, 7) is 3.73. The number of piperazine rings is 1. The first-order valence-electron chi connectivity index (χ1n) is 12.3. The van der Waals surface area contributed by atoms with E-state index in [4.69, 9.17) is 4.74 Å². The molecule has 3 aliphatic rings. The van der Waals surface area contributed by atoms with Crippen LogP contribution in [0.1, 0.15) is 69.6 Å². The van der Waals surface area contributed by atoms with E-state index in [0.717, 1.165) is 38.5 Å². The molecule has 0 spiro atoms. The predicted octanol–water partition coefficient (Wildman–Crippen LogP) is 1.53. The molecule has 0 unspecified atom stereocenters. The molecule has 2 heterocycles. The Kier molecular flexibility index (Phi) is 7.95. The van der Waals surface area contributed by atoms with Gasteiger partial charge in [-0.2, -0.15) is 0 Å². The van der Waals surface area contributed by atoms with Gasteiger partial charge in [-0.25, -0.2) is 0 Å². The molecule has 1 aliphatic carbocycles. The van der Waals surface area contributed by atoms with Gasteiger partial charge in [-0.3, -0.25) is 29.0 Å². The van der Waals surface area contributed by atoms with Crippen LogP contribution in [0.25, 0.3) is 0 Å². The summed E-state index contributed by atoms with van der Waals surface area (Å²) in [6, 6.07) is 4.82. The zero-order chi connectivity index (χ0) is 24.1. The van der Waals surface area contributed by atoms with Gasteiger partial charge in [-0.1, -0.05) is 19.3 Å². The second kappa shape index (κ2) is 11.1. The second-order valence-electron chi connectivity index (χ2n) is 9.30. The highest BCUT2D eigenvalue weighted by molar-refractivity contribution is 6.22. The van der Waals surface area contributed by atoms with Crippen LogP contribution < -0.4 is 5.32 Å².